The normalized spacial score (nSPS) is 10.0. The zero-order chi connectivity index (χ0) is 13.8. The van der Waals surface area contributed by atoms with Gasteiger partial charge in [-0.1, -0.05) is 18.2 Å². The third kappa shape index (κ3) is 3.04. The lowest BCUT2D eigenvalue weighted by molar-refractivity contribution is 0.0732. The quantitative estimate of drug-likeness (QED) is 0.482. The summed E-state index contributed by atoms with van der Waals surface area (Å²) in [6.45, 7) is 1.38. The fourth-order valence-electron chi connectivity index (χ4n) is 1.62. The number of para-hydroxylation sites is 1. The lowest BCUT2D eigenvalue weighted by Crippen LogP contribution is -2.11. The predicted octanol–water partition coefficient (Wildman–Crippen LogP) is 3.25. The standard InChI is InChI=1S/C15H11FO3/c1-10(17)13-7-2-3-8-14(13)19-15(18)11-5-4-6-12(16)9-11/h2-9H,1H3. The van der Waals surface area contributed by atoms with Gasteiger partial charge in [-0.25, -0.2) is 9.18 Å². The lowest BCUT2D eigenvalue weighted by atomic mass is 10.1. The monoisotopic (exact) mass is 258 g/mol. The van der Waals surface area contributed by atoms with Crippen molar-refractivity contribution in [3.8, 4) is 5.75 Å². The Kier molecular flexibility index (Phi) is 3.71. The van der Waals surface area contributed by atoms with Gasteiger partial charge < -0.3 is 4.74 Å². The average molecular weight is 258 g/mol. The molecule has 0 aliphatic carbocycles. The molecule has 0 amide bonds. The fraction of sp³-hybridized carbons (Fsp3) is 0.0667. The molecule has 3 nitrogen and oxygen atoms in total. The van der Waals surface area contributed by atoms with E-state index in [4.69, 9.17) is 4.74 Å². The topological polar surface area (TPSA) is 43.4 Å². The zero-order valence-corrected chi connectivity index (χ0v) is 10.2. The highest BCUT2D eigenvalue weighted by molar-refractivity contribution is 5.98. The predicted molar refractivity (Wildman–Crippen MR) is 67.8 cm³/mol. The van der Waals surface area contributed by atoms with E-state index >= 15 is 0 Å². The molecular weight excluding hydrogens is 247 g/mol. The van der Waals surface area contributed by atoms with Crippen molar-refractivity contribution in [3.63, 3.8) is 0 Å². The number of ether oxygens (including phenoxy) is 1. The molecule has 2 rings (SSSR count). The third-order valence-electron chi connectivity index (χ3n) is 2.53. The number of benzene rings is 2. The van der Waals surface area contributed by atoms with E-state index in [9.17, 15) is 14.0 Å². The van der Waals surface area contributed by atoms with Gasteiger partial charge in [0, 0.05) is 0 Å². The smallest absolute Gasteiger partial charge is 0.343 e. The molecule has 0 atom stereocenters. The number of rotatable bonds is 3. The van der Waals surface area contributed by atoms with Crippen molar-refractivity contribution in [2.24, 2.45) is 0 Å². The van der Waals surface area contributed by atoms with E-state index in [0.717, 1.165) is 6.07 Å². The number of carbonyl (C=O) groups is 2. The first kappa shape index (κ1) is 13.0. The summed E-state index contributed by atoms with van der Waals surface area (Å²) < 4.78 is 18.1. The van der Waals surface area contributed by atoms with Gasteiger partial charge in [0.1, 0.15) is 11.6 Å². The molecule has 0 heterocycles. The third-order valence-corrected chi connectivity index (χ3v) is 2.53. The number of esters is 1. The maximum Gasteiger partial charge on any atom is 0.343 e. The van der Waals surface area contributed by atoms with Crippen LogP contribution in [0.25, 0.3) is 0 Å². The molecule has 0 N–H and O–H groups in total. The lowest BCUT2D eigenvalue weighted by Gasteiger charge is -2.07. The average Bonchev–Trinajstić information content (AvgIpc) is 2.39. The van der Waals surface area contributed by atoms with E-state index in [2.05, 4.69) is 0 Å². The van der Waals surface area contributed by atoms with Gasteiger partial charge in [0.2, 0.25) is 0 Å². The molecule has 0 radical (unpaired) electrons. The minimum Gasteiger partial charge on any atom is -0.422 e. The van der Waals surface area contributed by atoms with Crippen molar-refractivity contribution in [1.82, 2.24) is 0 Å². The van der Waals surface area contributed by atoms with Crippen LogP contribution in [0, 0.1) is 5.82 Å². The summed E-state index contributed by atoms with van der Waals surface area (Å²) in [4.78, 5) is 23.2. The van der Waals surface area contributed by atoms with Gasteiger partial charge in [-0.3, -0.25) is 4.79 Å². The second-order valence-corrected chi connectivity index (χ2v) is 3.95. The second-order valence-electron chi connectivity index (χ2n) is 3.95. The molecular formula is C15H11FO3. The summed E-state index contributed by atoms with van der Waals surface area (Å²) in [6, 6.07) is 11.6. The van der Waals surface area contributed by atoms with Crippen molar-refractivity contribution >= 4 is 11.8 Å². The molecule has 2 aromatic rings. The zero-order valence-electron chi connectivity index (χ0n) is 10.2. The molecule has 0 spiro atoms. The summed E-state index contributed by atoms with van der Waals surface area (Å²) in [6.07, 6.45) is 0. The van der Waals surface area contributed by atoms with Crippen LogP contribution in [0.4, 0.5) is 4.39 Å². The molecule has 4 heteroatoms. The van der Waals surface area contributed by atoms with E-state index in [0.29, 0.717) is 5.56 Å². The van der Waals surface area contributed by atoms with Crippen LogP contribution in [0.5, 0.6) is 5.75 Å². The molecule has 0 fully saturated rings. The van der Waals surface area contributed by atoms with Gasteiger partial charge >= 0.3 is 5.97 Å². The molecule has 0 aromatic heterocycles. The van der Waals surface area contributed by atoms with Crippen molar-refractivity contribution < 1.29 is 18.7 Å². The summed E-state index contributed by atoms with van der Waals surface area (Å²) in [5, 5.41) is 0. The maximum absolute atomic E-state index is 13.0. The van der Waals surface area contributed by atoms with E-state index in [1.54, 1.807) is 18.2 Å². The van der Waals surface area contributed by atoms with Crippen LogP contribution < -0.4 is 4.74 Å². The molecule has 0 saturated carbocycles. The Hall–Kier alpha value is -2.49. The number of hydrogen-bond acceptors (Lipinski definition) is 3. The Morgan fingerprint density at radius 2 is 1.79 bits per heavy atom. The first-order chi connectivity index (χ1) is 9.08. The SMILES string of the molecule is CC(=O)c1ccccc1OC(=O)c1cccc(F)c1. The van der Waals surface area contributed by atoms with Crippen molar-refractivity contribution in [3.05, 3.63) is 65.5 Å². The largest absolute Gasteiger partial charge is 0.422 e. The molecule has 96 valence electrons. The van der Waals surface area contributed by atoms with Gasteiger partial charge in [-0.15, -0.1) is 0 Å². The Bertz CT molecular complexity index is 635. The van der Waals surface area contributed by atoms with Crippen LogP contribution in [0.15, 0.2) is 48.5 Å². The molecule has 0 saturated heterocycles. The Labute approximate surface area is 109 Å². The molecule has 19 heavy (non-hydrogen) atoms. The minimum atomic E-state index is -0.701. The van der Waals surface area contributed by atoms with Crippen molar-refractivity contribution in [1.29, 1.82) is 0 Å². The number of ketones is 1. The summed E-state index contributed by atoms with van der Waals surface area (Å²) in [5.41, 5.74) is 0.408. The maximum atomic E-state index is 13.0. The van der Waals surface area contributed by atoms with E-state index in [1.165, 1.54) is 31.2 Å². The van der Waals surface area contributed by atoms with Gasteiger partial charge in [0.05, 0.1) is 11.1 Å². The highest BCUT2D eigenvalue weighted by Crippen LogP contribution is 2.20. The van der Waals surface area contributed by atoms with E-state index in [-0.39, 0.29) is 17.1 Å². The number of hydrogen-bond donors (Lipinski definition) is 0. The Morgan fingerprint density at radius 3 is 2.47 bits per heavy atom. The summed E-state index contributed by atoms with van der Waals surface area (Å²) in [7, 11) is 0. The molecule has 0 aliphatic rings. The van der Waals surface area contributed by atoms with E-state index in [1.807, 2.05) is 0 Å². The first-order valence-corrected chi connectivity index (χ1v) is 5.65. The van der Waals surface area contributed by atoms with Gasteiger partial charge in [-0.05, 0) is 37.3 Å². The Morgan fingerprint density at radius 1 is 1.05 bits per heavy atom. The van der Waals surface area contributed by atoms with Crippen LogP contribution in [0.3, 0.4) is 0 Å². The van der Waals surface area contributed by atoms with Crippen molar-refractivity contribution in [2.75, 3.05) is 0 Å². The second kappa shape index (κ2) is 5.44. The minimum absolute atomic E-state index is 0.0957. The van der Waals surface area contributed by atoms with Crippen LogP contribution in [0.1, 0.15) is 27.6 Å². The Balaban J connectivity index is 2.27. The highest BCUT2D eigenvalue weighted by Gasteiger charge is 2.13. The first-order valence-electron chi connectivity index (χ1n) is 5.65. The number of Topliss-reactive ketones (excluding diaryl/α,β-unsaturated/α-hetero) is 1. The molecule has 0 bridgehead atoms. The molecule has 0 unspecified atom stereocenters. The van der Waals surface area contributed by atoms with Crippen molar-refractivity contribution in [2.45, 2.75) is 6.92 Å². The van der Waals surface area contributed by atoms with Crippen LogP contribution in [-0.4, -0.2) is 11.8 Å². The number of carbonyl (C=O) groups excluding carboxylic acids is 2. The van der Waals surface area contributed by atoms with Crippen LogP contribution in [0.2, 0.25) is 0 Å². The molecule has 2 aromatic carbocycles. The molecule has 0 aliphatic heterocycles. The summed E-state index contributed by atoms with van der Waals surface area (Å²) >= 11 is 0. The van der Waals surface area contributed by atoms with E-state index < -0.39 is 11.8 Å². The fourth-order valence-corrected chi connectivity index (χ4v) is 1.62. The van der Waals surface area contributed by atoms with Gasteiger partial charge in [0.25, 0.3) is 0 Å². The van der Waals surface area contributed by atoms with Gasteiger partial charge in [0.15, 0.2) is 5.78 Å². The highest BCUT2D eigenvalue weighted by atomic mass is 19.1. The summed E-state index contributed by atoms with van der Waals surface area (Å²) in [5.74, 6) is -1.26. The van der Waals surface area contributed by atoms with Crippen LogP contribution in [-0.2, 0) is 0 Å². The van der Waals surface area contributed by atoms with Gasteiger partial charge in [-0.2, -0.15) is 0 Å². The van der Waals surface area contributed by atoms with Crippen LogP contribution >= 0.6 is 0 Å². The number of halogens is 1.